The van der Waals surface area contributed by atoms with Gasteiger partial charge in [-0.2, -0.15) is 0 Å². The molecular formula is C18H20N2O7. The molecule has 2 aromatic carbocycles. The van der Waals surface area contributed by atoms with Gasteiger partial charge in [0.1, 0.15) is 0 Å². The van der Waals surface area contributed by atoms with E-state index in [2.05, 4.69) is 0 Å². The highest BCUT2D eigenvalue weighted by molar-refractivity contribution is 5.95. The lowest BCUT2D eigenvalue weighted by molar-refractivity contribution is -0.385. The molecule has 0 aliphatic heterocycles. The van der Waals surface area contributed by atoms with Gasteiger partial charge in [0.25, 0.3) is 5.91 Å². The summed E-state index contributed by atoms with van der Waals surface area (Å²) in [5.41, 5.74) is 0.341. The third kappa shape index (κ3) is 4.02. The van der Waals surface area contributed by atoms with Gasteiger partial charge in [-0.3, -0.25) is 14.9 Å². The summed E-state index contributed by atoms with van der Waals surface area (Å²) in [6, 6.07) is 6.91. The number of benzene rings is 2. The summed E-state index contributed by atoms with van der Waals surface area (Å²) in [5, 5.41) is 20.5. The molecule has 0 aliphatic carbocycles. The molecule has 27 heavy (non-hydrogen) atoms. The number of hydrogen-bond acceptors (Lipinski definition) is 7. The quantitative estimate of drug-likeness (QED) is 0.584. The highest BCUT2D eigenvalue weighted by Crippen LogP contribution is 2.40. The summed E-state index contributed by atoms with van der Waals surface area (Å²) in [6.07, 6.45) is 0. The Labute approximate surface area is 155 Å². The Hall–Kier alpha value is -3.49. The van der Waals surface area contributed by atoms with Crippen LogP contribution in [-0.4, -0.2) is 49.2 Å². The second kappa shape index (κ2) is 8.26. The fourth-order valence-corrected chi connectivity index (χ4v) is 2.65. The molecule has 0 unspecified atom stereocenters. The highest BCUT2D eigenvalue weighted by Gasteiger charge is 2.21. The van der Waals surface area contributed by atoms with Crippen LogP contribution in [0.2, 0.25) is 0 Å². The molecule has 2 rings (SSSR count). The van der Waals surface area contributed by atoms with E-state index >= 15 is 0 Å². The van der Waals surface area contributed by atoms with Crippen LogP contribution < -0.4 is 14.2 Å². The molecule has 0 atom stereocenters. The highest BCUT2D eigenvalue weighted by atomic mass is 16.6. The van der Waals surface area contributed by atoms with Gasteiger partial charge in [-0.15, -0.1) is 0 Å². The van der Waals surface area contributed by atoms with Crippen molar-refractivity contribution >= 4 is 11.6 Å². The van der Waals surface area contributed by atoms with Gasteiger partial charge in [-0.25, -0.2) is 0 Å². The SMILES string of the molecule is COc1ccc(CN(C)C(=O)c2ccc([N+](=O)[O-])c(O)c2)c(OC)c1OC. The van der Waals surface area contributed by atoms with Crippen LogP contribution in [0.1, 0.15) is 15.9 Å². The van der Waals surface area contributed by atoms with E-state index in [1.54, 1.807) is 19.2 Å². The average molecular weight is 376 g/mol. The molecule has 0 bridgehead atoms. The molecule has 0 spiro atoms. The summed E-state index contributed by atoms with van der Waals surface area (Å²) >= 11 is 0. The predicted molar refractivity (Wildman–Crippen MR) is 96.7 cm³/mol. The minimum atomic E-state index is -0.720. The van der Waals surface area contributed by atoms with Gasteiger partial charge < -0.3 is 24.2 Å². The number of carbonyl (C=O) groups excluding carboxylic acids is 1. The van der Waals surface area contributed by atoms with Gasteiger partial charge in [0.05, 0.1) is 26.3 Å². The number of carbonyl (C=O) groups is 1. The Morgan fingerprint density at radius 3 is 2.30 bits per heavy atom. The maximum absolute atomic E-state index is 12.6. The first-order valence-electron chi connectivity index (χ1n) is 7.84. The zero-order chi connectivity index (χ0) is 20.1. The number of nitrogens with zero attached hydrogens (tertiary/aromatic N) is 2. The standard InChI is InChI=1S/C18H20N2O7/c1-19(18(22)11-5-7-13(20(23)24)14(21)9-11)10-12-6-8-15(25-2)17(27-4)16(12)26-3/h5-9,21H,10H2,1-4H3. The van der Waals surface area contributed by atoms with Gasteiger partial charge in [0.2, 0.25) is 5.75 Å². The van der Waals surface area contributed by atoms with E-state index in [4.69, 9.17) is 14.2 Å². The molecule has 144 valence electrons. The monoisotopic (exact) mass is 376 g/mol. The number of phenolic OH excluding ortho intramolecular Hbond substituents is 1. The number of phenols is 1. The third-order valence-corrected chi connectivity index (χ3v) is 3.96. The second-order valence-corrected chi connectivity index (χ2v) is 5.62. The van der Waals surface area contributed by atoms with Crippen molar-refractivity contribution in [2.75, 3.05) is 28.4 Å². The Bertz CT molecular complexity index is 867. The van der Waals surface area contributed by atoms with Crippen molar-refractivity contribution in [3.63, 3.8) is 0 Å². The molecule has 0 aromatic heterocycles. The van der Waals surface area contributed by atoms with Crippen LogP contribution in [-0.2, 0) is 6.54 Å². The van der Waals surface area contributed by atoms with Gasteiger partial charge in [0.15, 0.2) is 17.2 Å². The van der Waals surface area contributed by atoms with Crippen LogP contribution in [0.4, 0.5) is 5.69 Å². The lowest BCUT2D eigenvalue weighted by atomic mass is 10.1. The van der Waals surface area contributed by atoms with Crippen LogP contribution in [0.25, 0.3) is 0 Å². The van der Waals surface area contributed by atoms with Crippen LogP contribution in [0.5, 0.6) is 23.0 Å². The Kier molecular flexibility index (Phi) is 6.07. The van der Waals surface area contributed by atoms with Crippen LogP contribution in [0.15, 0.2) is 30.3 Å². The van der Waals surface area contributed by atoms with E-state index in [9.17, 15) is 20.0 Å². The summed E-state index contributed by atoms with van der Waals surface area (Å²) in [4.78, 5) is 24.1. The first-order valence-corrected chi connectivity index (χ1v) is 7.84. The summed E-state index contributed by atoms with van der Waals surface area (Å²) in [5.74, 6) is 0.349. The van der Waals surface area contributed by atoms with E-state index in [-0.39, 0.29) is 12.1 Å². The molecule has 0 aliphatic rings. The molecule has 1 N–H and O–H groups in total. The molecule has 1 amide bonds. The van der Waals surface area contributed by atoms with Gasteiger partial charge in [-0.1, -0.05) is 0 Å². The molecule has 0 heterocycles. The molecule has 9 heteroatoms. The smallest absolute Gasteiger partial charge is 0.310 e. The lowest BCUT2D eigenvalue weighted by Crippen LogP contribution is -2.26. The molecule has 0 fully saturated rings. The molecule has 2 aromatic rings. The van der Waals surface area contributed by atoms with Crippen LogP contribution in [0.3, 0.4) is 0 Å². The number of aromatic hydroxyl groups is 1. The van der Waals surface area contributed by atoms with E-state index < -0.39 is 22.3 Å². The number of amides is 1. The van der Waals surface area contributed by atoms with Crippen molar-refractivity contribution in [1.29, 1.82) is 0 Å². The van der Waals surface area contributed by atoms with E-state index in [0.29, 0.717) is 22.8 Å². The first kappa shape index (κ1) is 19.8. The third-order valence-electron chi connectivity index (χ3n) is 3.96. The lowest BCUT2D eigenvalue weighted by Gasteiger charge is -2.21. The normalized spacial score (nSPS) is 10.2. The minimum Gasteiger partial charge on any atom is -0.502 e. The Balaban J connectivity index is 2.29. The van der Waals surface area contributed by atoms with Gasteiger partial charge >= 0.3 is 5.69 Å². The summed E-state index contributed by atoms with van der Waals surface area (Å²) in [6.45, 7) is 0.181. The Morgan fingerprint density at radius 1 is 1.11 bits per heavy atom. The number of nitro groups is 1. The van der Waals surface area contributed by atoms with Crippen molar-refractivity contribution in [2.24, 2.45) is 0 Å². The van der Waals surface area contributed by atoms with Crippen molar-refractivity contribution in [1.82, 2.24) is 4.90 Å². The molecule has 9 nitrogen and oxygen atoms in total. The first-order chi connectivity index (χ1) is 12.8. The number of methoxy groups -OCH3 is 3. The molecule has 0 radical (unpaired) electrons. The largest absolute Gasteiger partial charge is 0.502 e. The zero-order valence-corrected chi connectivity index (χ0v) is 15.4. The van der Waals surface area contributed by atoms with Crippen molar-refractivity contribution in [3.05, 3.63) is 51.6 Å². The minimum absolute atomic E-state index is 0.125. The number of hydrogen-bond donors (Lipinski definition) is 1. The molecule has 0 saturated heterocycles. The average Bonchev–Trinajstić information content (AvgIpc) is 2.66. The van der Waals surface area contributed by atoms with Crippen molar-refractivity contribution in [2.45, 2.75) is 6.54 Å². The van der Waals surface area contributed by atoms with Crippen molar-refractivity contribution < 1.29 is 29.0 Å². The number of ether oxygens (including phenoxy) is 3. The summed E-state index contributed by atoms with van der Waals surface area (Å²) < 4.78 is 16.0. The second-order valence-electron chi connectivity index (χ2n) is 5.62. The number of rotatable bonds is 7. The van der Waals surface area contributed by atoms with E-state index in [0.717, 1.165) is 12.1 Å². The maximum Gasteiger partial charge on any atom is 0.310 e. The summed E-state index contributed by atoms with van der Waals surface area (Å²) in [7, 11) is 6.04. The molecular weight excluding hydrogens is 356 g/mol. The Morgan fingerprint density at radius 2 is 1.78 bits per heavy atom. The van der Waals surface area contributed by atoms with E-state index in [1.807, 2.05) is 0 Å². The van der Waals surface area contributed by atoms with Gasteiger partial charge in [-0.05, 0) is 24.3 Å². The van der Waals surface area contributed by atoms with E-state index in [1.165, 1.54) is 32.3 Å². The fraction of sp³-hybridized carbons (Fsp3) is 0.278. The van der Waals surface area contributed by atoms with Crippen molar-refractivity contribution in [3.8, 4) is 23.0 Å². The molecule has 0 saturated carbocycles. The topological polar surface area (TPSA) is 111 Å². The van der Waals surface area contributed by atoms with Gasteiger partial charge in [0, 0.05) is 30.8 Å². The fourth-order valence-electron chi connectivity index (χ4n) is 2.65. The van der Waals surface area contributed by atoms with Crippen LogP contribution >= 0.6 is 0 Å². The zero-order valence-electron chi connectivity index (χ0n) is 15.4. The van der Waals surface area contributed by atoms with Crippen LogP contribution in [0, 0.1) is 10.1 Å². The predicted octanol–water partition coefficient (Wildman–Crippen LogP) is 2.60. The number of nitro benzene ring substituents is 1. The maximum atomic E-state index is 12.6.